The third kappa shape index (κ3) is 6.95. The summed E-state index contributed by atoms with van der Waals surface area (Å²) in [5, 5.41) is 11.7. The number of amides is 1. The minimum atomic E-state index is -0.965. The van der Waals surface area contributed by atoms with Gasteiger partial charge in [-0.1, -0.05) is 29.8 Å². The summed E-state index contributed by atoms with van der Waals surface area (Å²) >= 11 is 1.50. The first kappa shape index (κ1) is 18.5. The van der Waals surface area contributed by atoms with Crippen LogP contribution in [0.4, 0.5) is 0 Å². The third-order valence-corrected chi connectivity index (χ3v) is 4.03. The quantitative estimate of drug-likeness (QED) is 0.728. The monoisotopic (exact) mass is 325 g/mol. The van der Waals surface area contributed by atoms with E-state index in [1.165, 1.54) is 30.0 Å². The van der Waals surface area contributed by atoms with Crippen LogP contribution in [0.25, 0.3) is 0 Å². The molecule has 0 heterocycles. The number of rotatable bonds is 9. The minimum absolute atomic E-state index is 0.160. The number of carbonyl (C=O) groups is 2. The van der Waals surface area contributed by atoms with Gasteiger partial charge in [-0.3, -0.25) is 9.59 Å². The number of thioether (sulfide) groups is 1. The molecule has 2 N–H and O–H groups in total. The third-order valence-electron chi connectivity index (χ3n) is 3.03. The van der Waals surface area contributed by atoms with Crippen molar-refractivity contribution in [2.24, 2.45) is 0 Å². The summed E-state index contributed by atoms with van der Waals surface area (Å²) in [7, 11) is 1.48. The van der Waals surface area contributed by atoms with E-state index in [-0.39, 0.29) is 24.7 Å². The molecule has 1 aromatic rings. The van der Waals surface area contributed by atoms with Crippen LogP contribution in [0.1, 0.15) is 24.5 Å². The standard InChI is InChI=1S/C16H23NO4S/c1-12-5-4-6-13(7-12)9-22-10-14(18)17-16(2,11-21-3)8-15(19)20/h4-7H,8-11H2,1-3H3,(H,17,18)(H,19,20). The molecule has 1 atom stereocenters. The summed E-state index contributed by atoms with van der Waals surface area (Å²) in [6, 6.07) is 8.14. The molecule has 1 unspecified atom stereocenters. The number of hydrogen-bond acceptors (Lipinski definition) is 4. The molecule has 22 heavy (non-hydrogen) atoms. The number of ether oxygens (including phenoxy) is 1. The van der Waals surface area contributed by atoms with Crippen LogP contribution < -0.4 is 5.32 Å². The highest BCUT2D eigenvalue weighted by Gasteiger charge is 2.29. The molecule has 1 rings (SSSR count). The predicted octanol–water partition coefficient (Wildman–Crippen LogP) is 2.22. The van der Waals surface area contributed by atoms with Crippen LogP contribution >= 0.6 is 11.8 Å². The summed E-state index contributed by atoms with van der Waals surface area (Å²) in [5.41, 5.74) is 1.47. The van der Waals surface area contributed by atoms with Crippen molar-refractivity contribution in [3.63, 3.8) is 0 Å². The Morgan fingerprint density at radius 1 is 1.41 bits per heavy atom. The first-order chi connectivity index (χ1) is 10.3. The molecule has 6 heteroatoms. The fourth-order valence-corrected chi connectivity index (χ4v) is 2.99. The summed E-state index contributed by atoms with van der Waals surface area (Å²) in [6.07, 6.45) is -0.172. The van der Waals surface area contributed by atoms with Gasteiger partial charge >= 0.3 is 5.97 Å². The molecule has 0 spiro atoms. The zero-order valence-corrected chi connectivity index (χ0v) is 14.0. The Bertz CT molecular complexity index is 521. The molecule has 0 aliphatic rings. The zero-order chi connectivity index (χ0) is 16.6. The van der Waals surface area contributed by atoms with Gasteiger partial charge in [-0.15, -0.1) is 11.8 Å². The molecule has 5 nitrogen and oxygen atoms in total. The topological polar surface area (TPSA) is 75.6 Å². The van der Waals surface area contributed by atoms with Gasteiger partial charge in [-0.05, 0) is 19.4 Å². The van der Waals surface area contributed by atoms with Gasteiger partial charge in [-0.25, -0.2) is 0 Å². The number of nitrogens with one attached hydrogen (secondary N) is 1. The van der Waals surface area contributed by atoms with Crippen LogP contribution in [0.15, 0.2) is 24.3 Å². The van der Waals surface area contributed by atoms with Gasteiger partial charge in [0.05, 0.1) is 24.3 Å². The van der Waals surface area contributed by atoms with Crippen LogP contribution in [-0.2, 0) is 20.1 Å². The average Bonchev–Trinajstić information content (AvgIpc) is 2.37. The maximum absolute atomic E-state index is 12.0. The van der Waals surface area contributed by atoms with E-state index in [0.717, 1.165) is 5.75 Å². The van der Waals surface area contributed by atoms with E-state index < -0.39 is 11.5 Å². The van der Waals surface area contributed by atoms with E-state index in [4.69, 9.17) is 9.84 Å². The lowest BCUT2D eigenvalue weighted by molar-refractivity contribution is -0.139. The van der Waals surface area contributed by atoms with Gasteiger partial charge in [-0.2, -0.15) is 0 Å². The Kier molecular flexibility index (Phi) is 7.41. The van der Waals surface area contributed by atoms with Gasteiger partial charge in [0.1, 0.15) is 0 Å². The van der Waals surface area contributed by atoms with Crippen molar-refractivity contribution in [2.75, 3.05) is 19.5 Å². The van der Waals surface area contributed by atoms with E-state index in [2.05, 4.69) is 11.4 Å². The number of carboxylic acid groups (broad SMARTS) is 1. The van der Waals surface area contributed by atoms with Gasteiger partial charge in [0.15, 0.2) is 0 Å². The summed E-state index contributed by atoms with van der Waals surface area (Å²) in [4.78, 5) is 22.9. The van der Waals surface area contributed by atoms with Crippen molar-refractivity contribution in [1.29, 1.82) is 0 Å². The predicted molar refractivity (Wildman–Crippen MR) is 88.0 cm³/mol. The fraction of sp³-hybridized carbons (Fsp3) is 0.500. The van der Waals surface area contributed by atoms with Crippen LogP contribution in [-0.4, -0.2) is 42.0 Å². The summed E-state index contributed by atoms with van der Waals surface area (Å²) in [5.74, 6) is -0.118. The van der Waals surface area contributed by atoms with Crippen molar-refractivity contribution in [2.45, 2.75) is 31.6 Å². The minimum Gasteiger partial charge on any atom is -0.481 e. The number of methoxy groups -OCH3 is 1. The molecule has 0 aromatic heterocycles. The van der Waals surface area contributed by atoms with E-state index in [1.807, 2.05) is 25.1 Å². The van der Waals surface area contributed by atoms with Gasteiger partial charge < -0.3 is 15.2 Å². The van der Waals surface area contributed by atoms with Crippen molar-refractivity contribution in [3.05, 3.63) is 35.4 Å². The summed E-state index contributed by atoms with van der Waals surface area (Å²) < 4.78 is 5.01. The van der Waals surface area contributed by atoms with Crippen molar-refractivity contribution >= 4 is 23.6 Å². The SMILES string of the molecule is COCC(C)(CC(=O)O)NC(=O)CSCc1cccc(C)c1. The van der Waals surface area contributed by atoms with E-state index >= 15 is 0 Å². The molecule has 0 saturated heterocycles. The lowest BCUT2D eigenvalue weighted by atomic mass is 9.99. The average molecular weight is 325 g/mol. The molecule has 0 aliphatic carbocycles. The summed E-state index contributed by atoms with van der Waals surface area (Å²) in [6.45, 7) is 3.87. The lowest BCUT2D eigenvalue weighted by Crippen LogP contribution is -2.51. The largest absolute Gasteiger partial charge is 0.481 e. The Morgan fingerprint density at radius 2 is 2.14 bits per heavy atom. The molecule has 122 valence electrons. The Labute approximate surface area is 135 Å². The van der Waals surface area contributed by atoms with Crippen molar-refractivity contribution < 1.29 is 19.4 Å². The molecule has 0 fully saturated rings. The molecular formula is C16H23NO4S. The number of aryl methyl sites for hydroxylation is 1. The highest BCUT2D eigenvalue weighted by atomic mass is 32.2. The van der Waals surface area contributed by atoms with E-state index in [9.17, 15) is 9.59 Å². The number of carbonyl (C=O) groups excluding carboxylic acids is 1. The van der Waals surface area contributed by atoms with Crippen molar-refractivity contribution in [3.8, 4) is 0 Å². The first-order valence-corrected chi connectivity index (χ1v) is 8.15. The van der Waals surface area contributed by atoms with Crippen LogP contribution in [0.3, 0.4) is 0 Å². The van der Waals surface area contributed by atoms with E-state index in [1.54, 1.807) is 6.92 Å². The van der Waals surface area contributed by atoms with Crippen LogP contribution in [0.5, 0.6) is 0 Å². The van der Waals surface area contributed by atoms with Crippen LogP contribution in [0.2, 0.25) is 0 Å². The zero-order valence-electron chi connectivity index (χ0n) is 13.2. The highest BCUT2D eigenvalue weighted by molar-refractivity contribution is 7.99. The Balaban J connectivity index is 2.45. The second-order valence-electron chi connectivity index (χ2n) is 5.59. The maximum Gasteiger partial charge on any atom is 0.305 e. The molecule has 0 radical (unpaired) electrons. The number of aliphatic carboxylic acids is 1. The fourth-order valence-electron chi connectivity index (χ4n) is 2.22. The molecule has 1 aromatic carbocycles. The molecule has 1 amide bonds. The lowest BCUT2D eigenvalue weighted by Gasteiger charge is -2.28. The normalized spacial score (nSPS) is 13.4. The van der Waals surface area contributed by atoms with Gasteiger partial charge in [0.2, 0.25) is 5.91 Å². The smallest absolute Gasteiger partial charge is 0.305 e. The van der Waals surface area contributed by atoms with Gasteiger partial charge in [0.25, 0.3) is 0 Å². The van der Waals surface area contributed by atoms with Crippen molar-refractivity contribution in [1.82, 2.24) is 5.32 Å². The first-order valence-electron chi connectivity index (χ1n) is 7.00. The molecule has 0 aliphatic heterocycles. The van der Waals surface area contributed by atoms with Crippen LogP contribution in [0, 0.1) is 6.92 Å². The Hall–Kier alpha value is -1.53. The van der Waals surface area contributed by atoms with Gasteiger partial charge in [0, 0.05) is 12.9 Å². The second-order valence-corrected chi connectivity index (χ2v) is 6.58. The van der Waals surface area contributed by atoms with E-state index in [0.29, 0.717) is 0 Å². The number of benzene rings is 1. The second kappa shape index (κ2) is 8.80. The maximum atomic E-state index is 12.0. The molecule has 0 bridgehead atoms. The number of hydrogen-bond donors (Lipinski definition) is 2. The molecular weight excluding hydrogens is 302 g/mol. The number of carboxylic acids is 1. The molecule has 0 saturated carbocycles. The Morgan fingerprint density at radius 3 is 2.73 bits per heavy atom. The highest BCUT2D eigenvalue weighted by Crippen LogP contribution is 2.15.